The van der Waals surface area contributed by atoms with Gasteiger partial charge in [0, 0.05) is 24.3 Å². The van der Waals surface area contributed by atoms with Gasteiger partial charge in [-0.1, -0.05) is 6.92 Å². The molecule has 2 unspecified atom stereocenters. The molecule has 2 rings (SSSR count). The zero-order valence-corrected chi connectivity index (χ0v) is 13.3. The van der Waals surface area contributed by atoms with Gasteiger partial charge in [-0.05, 0) is 25.5 Å². The van der Waals surface area contributed by atoms with Gasteiger partial charge in [0.25, 0.3) is 0 Å². The van der Waals surface area contributed by atoms with E-state index in [0.29, 0.717) is 17.5 Å². The number of methoxy groups -OCH3 is 3. The Kier molecular flexibility index (Phi) is 5.70. The largest absolute Gasteiger partial charge is 0.496 e. The molecular formula is C16H25NO4. The standard InChI is InChI=1S/C16H25NO4/c1-5-17-11-6-7-21-14(8-11)12-9-15(19-3)16(20-4)10-13(12)18-2/h9-11,14,17H,5-8H2,1-4H3. The lowest BCUT2D eigenvalue weighted by Gasteiger charge is -2.31. The Morgan fingerprint density at radius 2 is 1.76 bits per heavy atom. The Bertz CT molecular complexity index is 462. The Balaban J connectivity index is 2.28. The molecule has 21 heavy (non-hydrogen) atoms. The van der Waals surface area contributed by atoms with Crippen LogP contribution in [0.5, 0.6) is 17.2 Å². The van der Waals surface area contributed by atoms with Gasteiger partial charge in [-0.3, -0.25) is 0 Å². The maximum Gasteiger partial charge on any atom is 0.164 e. The van der Waals surface area contributed by atoms with E-state index in [4.69, 9.17) is 18.9 Å². The van der Waals surface area contributed by atoms with Gasteiger partial charge in [-0.25, -0.2) is 0 Å². The second-order valence-electron chi connectivity index (χ2n) is 5.09. The first-order chi connectivity index (χ1) is 10.2. The van der Waals surface area contributed by atoms with E-state index in [1.54, 1.807) is 21.3 Å². The van der Waals surface area contributed by atoms with Crippen LogP contribution in [-0.2, 0) is 4.74 Å². The molecule has 1 aliphatic heterocycles. The first kappa shape index (κ1) is 15.9. The average Bonchev–Trinajstić information content (AvgIpc) is 2.54. The molecule has 0 radical (unpaired) electrons. The number of benzene rings is 1. The number of hydrogen-bond acceptors (Lipinski definition) is 5. The van der Waals surface area contributed by atoms with E-state index in [1.165, 1.54) is 0 Å². The number of rotatable bonds is 6. The maximum atomic E-state index is 5.94. The van der Waals surface area contributed by atoms with Crippen molar-refractivity contribution in [2.45, 2.75) is 31.9 Å². The summed E-state index contributed by atoms with van der Waals surface area (Å²) in [5.41, 5.74) is 1.01. The summed E-state index contributed by atoms with van der Waals surface area (Å²) >= 11 is 0. The molecule has 0 spiro atoms. The first-order valence-electron chi connectivity index (χ1n) is 7.38. The Labute approximate surface area is 126 Å². The molecule has 1 saturated heterocycles. The number of hydrogen-bond donors (Lipinski definition) is 1. The van der Waals surface area contributed by atoms with Crippen LogP contribution in [0.2, 0.25) is 0 Å². The molecule has 0 saturated carbocycles. The summed E-state index contributed by atoms with van der Waals surface area (Å²) in [6, 6.07) is 4.29. The quantitative estimate of drug-likeness (QED) is 0.874. The fourth-order valence-electron chi connectivity index (χ4n) is 2.79. The highest BCUT2D eigenvalue weighted by Gasteiger charge is 2.27. The van der Waals surface area contributed by atoms with Crippen LogP contribution in [0.1, 0.15) is 31.4 Å². The van der Waals surface area contributed by atoms with Crippen molar-refractivity contribution in [1.82, 2.24) is 5.32 Å². The van der Waals surface area contributed by atoms with Crippen LogP contribution >= 0.6 is 0 Å². The third kappa shape index (κ3) is 3.60. The minimum Gasteiger partial charge on any atom is -0.496 e. The Morgan fingerprint density at radius 1 is 1.10 bits per heavy atom. The molecule has 1 aromatic rings. The Morgan fingerprint density at radius 3 is 2.38 bits per heavy atom. The third-order valence-corrected chi connectivity index (χ3v) is 3.86. The molecule has 5 nitrogen and oxygen atoms in total. The molecule has 5 heteroatoms. The number of ether oxygens (including phenoxy) is 4. The van der Waals surface area contributed by atoms with Gasteiger partial charge in [-0.15, -0.1) is 0 Å². The second-order valence-corrected chi connectivity index (χ2v) is 5.09. The molecular weight excluding hydrogens is 270 g/mol. The summed E-state index contributed by atoms with van der Waals surface area (Å²) in [6.07, 6.45) is 1.98. The lowest BCUT2D eigenvalue weighted by Crippen LogP contribution is -2.36. The molecule has 0 bridgehead atoms. The predicted octanol–water partition coefficient (Wildman–Crippen LogP) is 2.54. The fraction of sp³-hybridized carbons (Fsp3) is 0.625. The molecule has 1 fully saturated rings. The summed E-state index contributed by atoms with van der Waals surface area (Å²) in [4.78, 5) is 0. The van der Waals surface area contributed by atoms with Crippen molar-refractivity contribution in [1.29, 1.82) is 0 Å². The SMILES string of the molecule is CCNC1CCOC(c2cc(OC)c(OC)cc2OC)C1. The molecule has 1 aromatic carbocycles. The van der Waals surface area contributed by atoms with E-state index < -0.39 is 0 Å². The highest BCUT2D eigenvalue weighted by atomic mass is 16.5. The van der Waals surface area contributed by atoms with Crippen molar-refractivity contribution < 1.29 is 18.9 Å². The Hall–Kier alpha value is -1.46. The summed E-state index contributed by atoms with van der Waals surface area (Å²) in [7, 11) is 4.92. The highest BCUT2D eigenvalue weighted by Crippen LogP contribution is 2.41. The van der Waals surface area contributed by atoms with Gasteiger partial charge < -0.3 is 24.3 Å². The zero-order valence-electron chi connectivity index (χ0n) is 13.3. The summed E-state index contributed by atoms with van der Waals surface area (Å²) < 4.78 is 22.2. The van der Waals surface area contributed by atoms with Gasteiger partial charge >= 0.3 is 0 Å². The topological polar surface area (TPSA) is 49.0 Å². The van der Waals surface area contributed by atoms with Crippen molar-refractivity contribution in [3.05, 3.63) is 17.7 Å². The van der Waals surface area contributed by atoms with Gasteiger partial charge in [0.2, 0.25) is 0 Å². The van der Waals surface area contributed by atoms with Crippen LogP contribution in [0, 0.1) is 0 Å². The molecule has 0 aliphatic carbocycles. The minimum atomic E-state index is 0.0116. The molecule has 1 aliphatic rings. The van der Waals surface area contributed by atoms with Gasteiger partial charge in [0.1, 0.15) is 5.75 Å². The lowest BCUT2D eigenvalue weighted by molar-refractivity contribution is -0.000760. The van der Waals surface area contributed by atoms with E-state index in [-0.39, 0.29) is 6.10 Å². The van der Waals surface area contributed by atoms with Crippen molar-refractivity contribution >= 4 is 0 Å². The van der Waals surface area contributed by atoms with Crippen LogP contribution in [0.15, 0.2) is 12.1 Å². The van der Waals surface area contributed by atoms with E-state index in [2.05, 4.69) is 12.2 Å². The summed E-state index contributed by atoms with van der Waals surface area (Å²) in [6.45, 7) is 3.85. The molecule has 1 heterocycles. The van der Waals surface area contributed by atoms with E-state index >= 15 is 0 Å². The second kappa shape index (κ2) is 7.52. The summed E-state index contributed by atoms with van der Waals surface area (Å²) in [5.74, 6) is 2.13. The average molecular weight is 295 g/mol. The van der Waals surface area contributed by atoms with Crippen molar-refractivity contribution in [2.24, 2.45) is 0 Å². The molecule has 1 N–H and O–H groups in total. The van der Waals surface area contributed by atoms with Crippen LogP contribution in [0.25, 0.3) is 0 Å². The normalized spacial score (nSPS) is 21.9. The van der Waals surface area contributed by atoms with Crippen molar-refractivity contribution in [3.63, 3.8) is 0 Å². The van der Waals surface area contributed by atoms with Crippen LogP contribution < -0.4 is 19.5 Å². The molecule has 0 amide bonds. The summed E-state index contributed by atoms with van der Waals surface area (Å²) in [5, 5.41) is 3.50. The molecule has 118 valence electrons. The van der Waals surface area contributed by atoms with Crippen LogP contribution in [-0.4, -0.2) is 40.5 Å². The minimum absolute atomic E-state index is 0.0116. The fourth-order valence-corrected chi connectivity index (χ4v) is 2.79. The molecule has 0 aromatic heterocycles. The maximum absolute atomic E-state index is 5.94. The van der Waals surface area contributed by atoms with E-state index in [9.17, 15) is 0 Å². The van der Waals surface area contributed by atoms with Gasteiger partial charge in [0.15, 0.2) is 11.5 Å². The molecule has 2 atom stereocenters. The monoisotopic (exact) mass is 295 g/mol. The third-order valence-electron chi connectivity index (χ3n) is 3.86. The van der Waals surface area contributed by atoms with Gasteiger partial charge in [-0.2, -0.15) is 0 Å². The lowest BCUT2D eigenvalue weighted by atomic mass is 9.96. The van der Waals surface area contributed by atoms with Gasteiger partial charge in [0.05, 0.1) is 27.4 Å². The van der Waals surface area contributed by atoms with Crippen molar-refractivity contribution in [2.75, 3.05) is 34.5 Å². The zero-order chi connectivity index (χ0) is 15.2. The first-order valence-corrected chi connectivity index (χ1v) is 7.38. The highest BCUT2D eigenvalue weighted by molar-refractivity contribution is 5.51. The smallest absolute Gasteiger partial charge is 0.164 e. The van der Waals surface area contributed by atoms with E-state index in [1.807, 2.05) is 12.1 Å². The van der Waals surface area contributed by atoms with Crippen molar-refractivity contribution in [3.8, 4) is 17.2 Å². The van der Waals surface area contributed by atoms with E-state index in [0.717, 1.165) is 37.3 Å². The predicted molar refractivity (Wildman–Crippen MR) is 81.5 cm³/mol. The van der Waals surface area contributed by atoms with Crippen LogP contribution in [0.4, 0.5) is 0 Å². The number of nitrogens with one attached hydrogen (secondary N) is 1. The van der Waals surface area contributed by atoms with Crippen LogP contribution in [0.3, 0.4) is 0 Å².